The van der Waals surface area contributed by atoms with Crippen LogP contribution in [-0.2, 0) is 18.9 Å². The second-order valence-corrected chi connectivity index (χ2v) is 5.25. The lowest BCUT2D eigenvalue weighted by atomic mass is 10.5. The Morgan fingerprint density at radius 3 is 1.87 bits per heavy atom. The van der Waals surface area contributed by atoms with Crippen LogP contribution in [0.1, 0.15) is 0 Å². The molecule has 1 aromatic rings. The van der Waals surface area contributed by atoms with E-state index in [1.807, 2.05) is 6.07 Å². The summed E-state index contributed by atoms with van der Waals surface area (Å²) >= 11 is 3.35. The van der Waals surface area contributed by atoms with E-state index in [4.69, 9.17) is 28.8 Å². The fourth-order valence-corrected chi connectivity index (χ4v) is 1.81. The average Bonchev–Trinajstić information content (AvgIpc) is 2.55. The normalized spacial score (nSPS) is 10.9. The van der Waals surface area contributed by atoms with E-state index in [1.54, 1.807) is 12.3 Å². The summed E-state index contributed by atoms with van der Waals surface area (Å²) in [6.07, 6.45) is 1.68. The molecule has 7 nitrogen and oxygen atoms in total. The summed E-state index contributed by atoms with van der Waals surface area (Å²) in [6.45, 7) is 4.34. The Balaban J connectivity index is 1.78. The summed E-state index contributed by atoms with van der Waals surface area (Å²) in [5, 5.41) is 8.50. The number of pyridine rings is 1. The van der Waals surface area contributed by atoms with Gasteiger partial charge in [0, 0.05) is 16.7 Å². The smallest absolute Gasteiger partial charge is 0.214 e. The van der Waals surface area contributed by atoms with Gasteiger partial charge in [0.2, 0.25) is 5.88 Å². The zero-order valence-corrected chi connectivity index (χ0v) is 14.7. The van der Waals surface area contributed by atoms with Crippen LogP contribution in [0.25, 0.3) is 0 Å². The number of hydrogen-bond acceptors (Lipinski definition) is 7. The molecule has 0 spiro atoms. The summed E-state index contributed by atoms with van der Waals surface area (Å²) in [5.74, 6) is 0.569. The van der Waals surface area contributed by atoms with Gasteiger partial charge in [-0.05, 0) is 6.07 Å². The fourth-order valence-electron chi connectivity index (χ4n) is 1.50. The summed E-state index contributed by atoms with van der Waals surface area (Å²) in [6, 6.07) is 3.64. The Labute approximate surface area is 145 Å². The quantitative estimate of drug-likeness (QED) is 0.449. The van der Waals surface area contributed by atoms with Gasteiger partial charge in [-0.15, -0.1) is 0 Å². The molecule has 0 aliphatic heterocycles. The summed E-state index contributed by atoms with van der Waals surface area (Å²) in [7, 11) is 0. The molecule has 0 aromatic carbocycles. The Morgan fingerprint density at radius 1 is 0.826 bits per heavy atom. The van der Waals surface area contributed by atoms with Crippen LogP contribution in [0, 0.1) is 0 Å². The van der Waals surface area contributed by atoms with Crippen LogP contribution in [0.5, 0.6) is 5.88 Å². The lowest BCUT2D eigenvalue weighted by molar-refractivity contribution is -0.00790. The van der Waals surface area contributed by atoms with Gasteiger partial charge in [0.25, 0.3) is 0 Å². The largest absolute Gasteiger partial charge is 0.475 e. The SMILES string of the molecule is OCCOCCOCCOCCOCCOc1cc(Br)ccn1. The number of aliphatic hydroxyl groups excluding tert-OH is 1. The summed E-state index contributed by atoms with van der Waals surface area (Å²) < 4.78 is 27.4. The minimum Gasteiger partial charge on any atom is -0.475 e. The maximum atomic E-state index is 8.50. The molecule has 0 amide bonds. The van der Waals surface area contributed by atoms with Gasteiger partial charge >= 0.3 is 0 Å². The van der Waals surface area contributed by atoms with Gasteiger partial charge in [0.05, 0.1) is 59.5 Å². The third-order valence-electron chi connectivity index (χ3n) is 2.53. The number of hydrogen-bond donors (Lipinski definition) is 1. The molecule has 8 heteroatoms. The van der Waals surface area contributed by atoms with Crippen molar-refractivity contribution in [3.05, 3.63) is 22.8 Å². The third kappa shape index (κ3) is 12.3. The van der Waals surface area contributed by atoms with Crippen LogP contribution in [0.15, 0.2) is 22.8 Å². The first-order valence-corrected chi connectivity index (χ1v) is 8.28. The first kappa shape index (κ1) is 20.3. The molecule has 1 aromatic heterocycles. The number of halogens is 1. The number of aromatic nitrogens is 1. The molecule has 0 saturated carbocycles. The highest BCUT2D eigenvalue weighted by molar-refractivity contribution is 9.10. The second kappa shape index (κ2) is 14.8. The van der Waals surface area contributed by atoms with Crippen molar-refractivity contribution in [2.45, 2.75) is 0 Å². The minimum absolute atomic E-state index is 0.0353. The first-order chi connectivity index (χ1) is 11.3. The zero-order chi connectivity index (χ0) is 16.6. The standard InChI is InChI=1S/C15H24BrNO6/c16-14-1-2-17-15(13-14)23-12-11-22-10-9-21-8-7-20-6-5-19-4-3-18/h1-2,13,18H,3-12H2. The monoisotopic (exact) mass is 393 g/mol. The van der Waals surface area contributed by atoms with Gasteiger partial charge in [-0.3, -0.25) is 0 Å². The Bertz CT molecular complexity index is 396. The van der Waals surface area contributed by atoms with E-state index in [-0.39, 0.29) is 6.61 Å². The van der Waals surface area contributed by atoms with Gasteiger partial charge in [-0.1, -0.05) is 15.9 Å². The predicted octanol–water partition coefficient (Wildman–Crippen LogP) is 1.28. The third-order valence-corrected chi connectivity index (χ3v) is 3.02. The highest BCUT2D eigenvalue weighted by Gasteiger charge is 1.96. The highest BCUT2D eigenvalue weighted by Crippen LogP contribution is 2.14. The van der Waals surface area contributed by atoms with Gasteiger partial charge in [0.15, 0.2) is 0 Å². The maximum Gasteiger partial charge on any atom is 0.214 e. The molecule has 0 radical (unpaired) electrons. The van der Waals surface area contributed by atoms with E-state index in [1.165, 1.54) is 0 Å². The lowest BCUT2D eigenvalue weighted by Gasteiger charge is -2.08. The molecule has 1 N–H and O–H groups in total. The van der Waals surface area contributed by atoms with Crippen LogP contribution < -0.4 is 4.74 Å². The topological polar surface area (TPSA) is 79.3 Å². The van der Waals surface area contributed by atoms with Crippen molar-refractivity contribution in [1.29, 1.82) is 0 Å². The van der Waals surface area contributed by atoms with Gasteiger partial charge in [-0.2, -0.15) is 0 Å². The number of aliphatic hydroxyl groups is 1. The maximum absolute atomic E-state index is 8.50. The molecule has 0 saturated heterocycles. The average molecular weight is 394 g/mol. The molecule has 0 aliphatic rings. The molecule has 1 heterocycles. The number of rotatable bonds is 15. The van der Waals surface area contributed by atoms with Crippen molar-refractivity contribution < 1.29 is 28.8 Å². The van der Waals surface area contributed by atoms with Crippen molar-refractivity contribution in [1.82, 2.24) is 4.98 Å². The lowest BCUT2D eigenvalue weighted by Crippen LogP contribution is -2.14. The Morgan fingerprint density at radius 2 is 1.35 bits per heavy atom. The van der Waals surface area contributed by atoms with E-state index in [2.05, 4.69) is 20.9 Å². The molecule has 23 heavy (non-hydrogen) atoms. The molecule has 0 bridgehead atoms. The van der Waals surface area contributed by atoms with Crippen molar-refractivity contribution >= 4 is 15.9 Å². The second-order valence-electron chi connectivity index (χ2n) is 4.33. The van der Waals surface area contributed by atoms with Crippen molar-refractivity contribution in [3.8, 4) is 5.88 Å². The molecule has 1 rings (SSSR count). The van der Waals surface area contributed by atoms with Gasteiger partial charge in [0.1, 0.15) is 6.61 Å². The van der Waals surface area contributed by atoms with Crippen molar-refractivity contribution in [2.75, 3.05) is 66.1 Å². The van der Waals surface area contributed by atoms with Crippen molar-refractivity contribution in [2.24, 2.45) is 0 Å². The molecule has 132 valence electrons. The van der Waals surface area contributed by atoms with Gasteiger partial charge < -0.3 is 28.8 Å². The van der Waals surface area contributed by atoms with Gasteiger partial charge in [-0.25, -0.2) is 4.98 Å². The van der Waals surface area contributed by atoms with E-state index >= 15 is 0 Å². The van der Waals surface area contributed by atoms with Crippen LogP contribution >= 0.6 is 15.9 Å². The number of nitrogens with zero attached hydrogens (tertiary/aromatic N) is 1. The summed E-state index contributed by atoms with van der Waals surface area (Å²) in [5.41, 5.74) is 0. The van der Waals surface area contributed by atoms with Crippen LogP contribution in [-0.4, -0.2) is 76.2 Å². The highest BCUT2D eigenvalue weighted by atomic mass is 79.9. The minimum atomic E-state index is 0.0353. The first-order valence-electron chi connectivity index (χ1n) is 7.49. The van der Waals surface area contributed by atoms with E-state index in [9.17, 15) is 0 Å². The van der Waals surface area contributed by atoms with Crippen molar-refractivity contribution in [3.63, 3.8) is 0 Å². The predicted molar refractivity (Wildman–Crippen MR) is 87.8 cm³/mol. The van der Waals surface area contributed by atoms with Crippen LogP contribution in [0.2, 0.25) is 0 Å². The molecular weight excluding hydrogens is 370 g/mol. The Kier molecular flexibility index (Phi) is 13.0. The molecular formula is C15H24BrNO6. The van der Waals surface area contributed by atoms with E-state index in [0.717, 1.165) is 4.47 Å². The molecule has 0 fully saturated rings. The Hall–Kier alpha value is -0.770. The molecule has 0 unspecified atom stereocenters. The molecule has 0 atom stereocenters. The number of ether oxygens (including phenoxy) is 5. The van der Waals surface area contributed by atoms with Crippen LogP contribution in [0.4, 0.5) is 0 Å². The summed E-state index contributed by atoms with van der Waals surface area (Å²) in [4.78, 5) is 4.07. The molecule has 0 aliphatic carbocycles. The van der Waals surface area contributed by atoms with E-state index in [0.29, 0.717) is 65.3 Å². The zero-order valence-electron chi connectivity index (χ0n) is 13.1. The van der Waals surface area contributed by atoms with E-state index < -0.39 is 0 Å². The fraction of sp³-hybridized carbons (Fsp3) is 0.667. The van der Waals surface area contributed by atoms with Crippen LogP contribution in [0.3, 0.4) is 0 Å².